The second kappa shape index (κ2) is 4.11. The minimum Gasteiger partial charge on any atom is -0.351 e. The zero-order valence-corrected chi connectivity index (χ0v) is 9.80. The van der Waals surface area contributed by atoms with Gasteiger partial charge in [-0.25, -0.2) is 13.2 Å². The third-order valence-electron chi connectivity index (χ3n) is 1.66. The second-order valence-corrected chi connectivity index (χ2v) is 6.06. The summed E-state index contributed by atoms with van der Waals surface area (Å²) in [6, 6.07) is -0.716. The molecular weight excluding hydrogens is 240 g/mol. The Bertz CT molecular complexity index is 466. The van der Waals surface area contributed by atoms with Gasteiger partial charge in [-0.05, 0) is 0 Å². The lowest BCUT2D eigenvalue weighted by Crippen LogP contribution is -2.31. The number of nitrogens with zero attached hydrogens (tertiary/aromatic N) is 3. The molecule has 0 unspecified atom stereocenters. The van der Waals surface area contributed by atoms with Crippen molar-refractivity contribution in [2.75, 3.05) is 17.7 Å². The number of hydrogen-bond acceptors (Lipinski definition) is 6. The summed E-state index contributed by atoms with van der Waals surface area (Å²) in [6.07, 6.45) is 0. The fourth-order valence-electron chi connectivity index (χ4n) is 0.681. The molecule has 0 spiro atoms. The van der Waals surface area contributed by atoms with Crippen LogP contribution in [0.5, 0.6) is 0 Å². The van der Waals surface area contributed by atoms with E-state index in [4.69, 9.17) is 5.73 Å². The number of hydrogen-bond donors (Lipinski definition) is 1. The fraction of sp³-hybridized carbons (Fsp3) is 0.500. The highest BCUT2D eigenvalue weighted by atomic mass is 32.2. The largest absolute Gasteiger partial charge is 0.351 e. The first-order valence-corrected chi connectivity index (χ1v) is 6.44. The zero-order valence-electron chi connectivity index (χ0n) is 8.17. The minimum atomic E-state index is -3.37. The van der Waals surface area contributed by atoms with Crippen LogP contribution in [0.3, 0.4) is 0 Å². The Labute approximate surface area is 90.8 Å². The van der Waals surface area contributed by atoms with E-state index in [2.05, 4.69) is 10.2 Å². The van der Waals surface area contributed by atoms with E-state index < -0.39 is 15.9 Å². The van der Waals surface area contributed by atoms with Crippen molar-refractivity contribution < 1.29 is 13.2 Å². The SMILES string of the molecule is CCS(=O)(=O)c1nnc(N(C)C(N)=O)s1. The first-order valence-electron chi connectivity index (χ1n) is 3.98. The molecule has 0 aliphatic rings. The van der Waals surface area contributed by atoms with Gasteiger partial charge in [0.05, 0.1) is 5.75 Å². The van der Waals surface area contributed by atoms with Crippen LogP contribution in [0.15, 0.2) is 4.34 Å². The van der Waals surface area contributed by atoms with E-state index in [1.165, 1.54) is 14.0 Å². The van der Waals surface area contributed by atoms with Gasteiger partial charge in [-0.15, -0.1) is 10.2 Å². The maximum atomic E-state index is 11.4. The molecule has 0 aliphatic carbocycles. The van der Waals surface area contributed by atoms with E-state index in [1.807, 2.05) is 0 Å². The monoisotopic (exact) mass is 250 g/mol. The van der Waals surface area contributed by atoms with E-state index in [0.717, 1.165) is 16.2 Å². The maximum absolute atomic E-state index is 11.4. The van der Waals surface area contributed by atoms with Gasteiger partial charge in [0, 0.05) is 7.05 Å². The standard InChI is InChI=1S/C6H10N4O3S2/c1-3-15(12,13)6-9-8-5(14-6)10(2)4(7)11/h3H2,1-2H3,(H2,7,11). The molecule has 0 aliphatic heterocycles. The Kier molecular flexibility index (Phi) is 3.25. The van der Waals surface area contributed by atoms with Crippen LogP contribution in [0, 0.1) is 0 Å². The van der Waals surface area contributed by atoms with Crippen molar-refractivity contribution in [3.8, 4) is 0 Å². The number of amides is 2. The van der Waals surface area contributed by atoms with E-state index in [0.29, 0.717) is 0 Å². The number of carbonyl (C=O) groups is 1. The number of anilines is 1. The van der Waals surface area contributed by atoms with Crippen molar-refractivity contribution >= 4 is 32.3 Å². The topological polar surface area (TPSA) is 106 Å². The van der Waals surface area contributed by atoms with Crippen LogP contribution in [0.25, 0.3) is 0 Å². The molecule has 9 heteroatoms. The number of nitrogens with two attached hydrogens (primary N) is 1. The summed E-state index contributed by atoms with van der Waals surface area (Å²) in [7, 11) is -1.98. The van der Waals surface area contributed by atoms with Crippen molar-refractivity contribution in [1.82, 2.24) is 10.2 Å². The molecule has 0 atom stereocenters. The summed E-state index contributed by atoms with van der Waals surface area (Å²) in [5.41, 5.74) is 5.00. The van der Waals surface area contributed by atoms with Gasteiger partial charge in [0.25, 0.3) is 0 Å². The molecule has 0 aromatic carbocycles. The van der Waals surface area contributed by atoms with Gasteiger partial charge in [-0.3, -0.25) is 4.90 Å². The Morgan fingerprint density at radius 2 is 2.13 bits per heavy atom. The number of carbonyl (C=O) groups excluding carboxylic acids is 1. The molecule has 0 bridgehead atoms. The molecule has 0 fully saturated rings. The molecule has 0 saturated carbocycles. The maximum Gasteiger partial charge on any atom is 0.320 e. The predicted molar refractivity (Wildman–Crippen MR) is 55.6 cm³/mol. The Morgan fingerprint density at radius 3 is 2.60 bits per heavy atom. The molecule has 1 aromatic rings. The first-order chi connectivity index (χ1) is 6.88. The highest BCUT2D eigenvalue weighted by Crippen LogP contribution is 2.23. The van der Waals surface area contributed by atoms with Crippen molar-refractivity contribution in [2.24, 2.45) is 5.73 Å². The quantitative estimate of drug-likeness (QED) is 0.750. The lowest BCUT2D eigenvalue weighted by molar-refractivity contribution is 0.255. The van der Waals surface area contributed by atoms with Crippen LogP contribution < -0.4 is 10.6 Å². The molecule has 1 aromatic heterocycles. The lowest BCUT2D eigenvalue weighted by atomic mass is 10.8. The molecule has 15 heavy (non-hydrogen) atoms. The highest BCUT2D eigenvalue weighted by Gasteiger charge is 2.20. The number of urea groups is 1. The Hall–Kier alpha value is -1.22. The average Bonchev–Trinajstić information content (AvgIpc) is 2.65. The van der Waals surface area contributed by atoms with Gasteiger partial charge in [0.1, 0.15) is 0 Å². The summed E-state index contributed by atoms with van der Waals surface area (Å²) in [6.45, 7) is 1.51. The molecule has 1 rings (SSSR count). The first kappa shape index (κ1) is 11.9. The Balaban J connectivity index is 3.06. The summed E-state index contributed by atoms with van der Waals surface area (Å²) < 4.78 is 22.7. The van der Waals surface area contributed by atoms with Crippen molar-refractivity contribution in [2.45, 2.75) is 11.3 Å². The van der Waals surface area contributed by atoms with Gasteiger partial charge in [-0.1, -0.05) is 18.3 Å². The van der Waals surface area contributed by atoms with E-state index in [-0.39, 0.29) is 15.2 Å². The highest BCUT2D eigenvalue weighted by molar-refractivity contribution is 7.93. The predicted octanol–water partition coefficient (Wildman–Crippen LogP) is -0.153. The molecule has 0 saturated heterocycles. The minimum absolute atomic E-state index is 0.0537. The van der Waals surface area contributed by atoms with Gasteiger partial charge in [0.15, 0.2) is 0 Å². The third kappa shape index (κ3) is 2.42. The van der Waals surface area contributed by atoms with Crippen LogP contribution in [0.2, 0.25) is 0 Å². The van der Waals surface area contributed by atoms with Crippen LogP contribution >= 0.6 is 11.3 Å². The number of sulfone groups is 1. The van der Waals surface area contributed by atoms with Crippen molar-refractivity contribution in [1.29, 1.82) is 0 Å². The van der Waals surface area contributed by atoms with E-state index in [9.17, 15) is 13.2 Å². The molecular formula is C6H10N4O3S2. The fourth-order valence-corrected chi connectivity index (χ4v) is 2.73. The van der Waals surface area contributed by atoms with Gasteiger partial charge >= 0.3 is 6.03 Å². The molecule has 7 nitrogen and oxygen atoms in total. The van der Waals surface area contributed by atoms with Crippen LogP contribution in [0.4, 0.5) is 9.93 Å². The van der Waals surface area contributed by atoms with E-state index in [1.54, 1.807) is 0 Å². The molecule has 2 N–H and O–H groups in total. The summed E-state index contributed by atoms with van der Waals surface area (Å²) in [4.78, 5) is 11.8. The Morgan fingerprint density at radius 1 is 1.53 bits per heavy atom. The molecule has 0 radical (unpaired) electrons. The van der Waals surface area contributed by atoms with Crippen molar-refractivity contribution in [3.63, 3.8) is 0 Å². The molecule has 2 amide bonds. The van der Waals surface area contributed by atoms with Crippen LogP contribution in [-0.2, 0) is 9.84 Å². The summed E-state index contributed by atoms with van der Waals surface area (Å²) in [5.74, 6) is -0.0537. The summed E-state index contributed by atoms with van der Waals surface area (Å²) >= 11 is 0.816. The normalized spacial score (nSPS) is 11.3. The second-order valence-electron chi connectivity index (χ2n) is 2.65. The summed E-state index contributed by atoms with van der Waals surface area (Å²) in [5, 5.41) is 7.22. The lowest BCUT2D eigenvalue weighted by Gasteiger charge is -2.07. The number of rotatable bonds is 3. The van der Waals surface area contributed by atoms with Gasteiger partial charge in [-0.2, -0.15) is 0 Å². The average molecular weight is 250 g/mol. The van der Waals surface area contributed by atoms with Crippen LogP contribution in [0.1, 0.15) is 6.92 Å². The number of primary amides is 1. The number of aromatic nitrogens is 2. The third-order valence-corrected chi connectivity index (χ3v) is 4.84. The molecule has 84 valence electrons. The van der Waals surface area contributed by atoms with E-state index >= 15 is 0 Å². The van der Waals surface area contributed by atoms with Gasteiger partial charge < -0.3 is 5.73 Å². The zero-order chi connectivity index (χ0) is 11.6. The smallest absolute Gasteiger partial charge is 0.320 e. The van der Waals surface area contributed by atoms with Crippen molar-refractivity contribution in [3.05, 3.63) is 0 Å². The van der Waals surface area contributed by atoms with Crippen LogP contribution in [-0.4, -0.2) is 37.4 Å². The molecule has 1 heterocycles. The van der Waals surface area contributed by atoms with Gasteiger partial charge in [0.2, 0.25) is 19.3 Å².